The van der Waals surface area contributed by atoms with Gasteiger partial charge in [-0.25, -0.2) is 4.79 Å². The summed E-state index contributed by atoms with van der Waals surface area (Å²) in [6.45, 7) is 0. The summed E-state index contributed by atoms with van der Waals surface area (Å²) in [5.74, 6) is 0. The van der Waals surface area contributed by atoms with Crippen LogP contribution in [0.15, 0.2) is 0 Å². The van der Waals surface area contributed by atoms with E-state index in [0.29, 0.717) is 0 Å². The second kappa shape index (κ2) is 9.66. The van der Waals surface area contributed by atoms with Crippen molar-refractivity contribution < 1.29 is 84.9 Å². The van der Waals surface area contributed by atoms with E-state index in [9.17, 15) is 0 Å². The average molecular weight is 158 g/mol. The molecule has 0 aromatic rings. The Balaban J connectivity index is -0.0000000150. The van der Waals surface area contributed by atoms with E-state index < -0.39 is 6.16 Å². The van der Waals surface area contributed by atoms with Crippen LogP contribution < -0.4 is 51.4 Å². The van der Waals surface area contributed by atoms with Crippen LogP contribution in [0.4, 0.5) is 4.79 Å². The van der Waals surface area contributed by atoms with Crippen LogP contribution in [-0.4, -0.2) is 16.4 Å². The number of hydrogen-bond acceptors (Lipinski definition) is 1. The molecule has 0 unspecified atom stereocenters. The van der Waals surface area contributed by atoms with E-state index in [0.717, 1.165) is 0 Å². The molecular weight excluding hydrogens is 155 g/mol. The zero-order valence-electron chi connectivity index (χ0n) is 4.16. The molecule has 0 aliphatic heterocycles. The summed E-state index contributed by atoms with van der Waals surface area (Å²) >= 11 is 0. The zero-order valence-corrected chi connectivity index (χ0v) is 7.38. The minimum absolute atomic E-state index is 0. The van der Waals surface area contributed by atoms with Gasteiger partial charge in [-0.15, -0.1) is 0 Å². The Morgan fingerprint density at radius 2 is 1.50 bits per heavy atom. The minimum atomic E-state index is -1.83. The summed E-state index contributed by atoms with van der Waals surface area (Å²) in [6, 6.07) is 0. The molecule has 0 spiro atoms. The average Bonchev–Trinajstić information content (AvgIpc) is 0.811. The molecule has 5 heteroatoms. The standard InChI is InChI=1S/CH2O3.Fe.K.H/c2-1(3)4;;;/h(H2,2,3,4);;;/q;;+1;-1. The van der Waals surface area contributed by atoms with Gasteiger partial charge in [0.1, 0.15) is 0 Å². The number of carbonyl (C=O) groups is 1. The molecule has 0 rings (SSSR count). The largest absolute Gasteiger partial charge is 1.00 e. The van der Waals surface area contributed by atoms with E-state index in [1.807, 2.05) is 0 Å². The second-order valence-corrected chi connectivity index (χ2v) is 0.283. The van der Waals surface area contributed by atoms with E-state index in [1.54, 1.807) is 0 Å². The Hall–Kier alpha value is 1.43. The van der Waals surface area contributed by atoms with Gasteiger partial charge >= 0.3 is 57.5 Å². The zero-order chi connectivity index (χ0) is 3.58. The summed E-state index contributed by atoms with van der Waals surface area (Å²) in [7, 11) is 0. The third-order valence-corrected chi connectivity index (χ3v) is 0. The third-order valence-electron chi connectivity index (χ3n) is 0. The van der Waals surface area contributed by atoms with Crippen LogP contribution >= 0.6 is 0 Å². The molecule has 0 aromatic heterocycles. The molecule has 0 atom stereocenters. The van der Waals surface area contributed by atoms with Gasteiger partial charge in [-0.05, 0) is 0 Å². The number of rotatable bonds is 0. The van der Waals surface area contributed by atoms with Gasteiger partial charge in [-0.3, -0.25) is 0 Å². The Morgan fingerprint density at radius 3 is 1.50 bits per heavy atom. The molecule has 0 radical (unpaired) electrons. The topological polar surface area (TPSA) is 57.5 Å². The van der Waals surface area contributed by atoms with Crippen LogP contribution in [0.2, 0.25) is 0 Å². The van der Waals surface area contributed by atoms with Gasteiger partial charge in [0.2, 0.25) is 0 Å². The molecule has 0 aliphatic carbocycles. The van der Waals surface area contributed by atoms with Gasteiger partial charge in [0, 0.05) is 17.1 Å². The van der Waals surface area contributed by atoms with Gasteiger partial charge < -0.3 is 11.6 Å². The van der Waals surface area contributed by atoms with Crippen molar-refractivity contribution in [3.63, 3.8) is 0 Å². The first-order valence-corrected chi connectivity index (χ1v) is 0.651. The Morgan fingerprint density at radius 1 is 1.50 bits per heavy atom. The van der Waals surface area contributed by atoms with E-state index in [2.05, 4.69) is 0 Å². The quantitative estimate of drug-likeness (QED) is 0.378. The van der Waals surface area contributed by atoms with Gasteiger partial charge in [-0.1, -0.05) is 0 Å². The molecule has 0 saturated heterocycles. The van der Waals surface area contributed by atoms with Crippen LogP contribution in [0.25, 0.3) is 0 Å². The Labute approximate surface area is 89.5 Å². The predicted molar refractivity (Wildman–Crippen MR) is 11.8 cm³/mol. The van der Waals surface area contributed by atoms with Crippen molar-refractivity contribution in [2.24, 2.45) is 0 Å². The van der Waals surface area contributed by atoms with Gasteiger partial charge in [0.05, 0.1) is 0 Å². The molecular formula is CH3FeKO3. The smallest absolute Gasteiger partial charge is 1.00 e. The van der Waals surface area contributed by atoms with Crippen molar-refractivity contribution in [2.45, 2.75) is 0 Å². The maximum absolute atomic E-state index is 8.56. The van der Waals surface area contributed by atoms with E-state index >= 15 is 0 Å². The van der Waals surface area contributed by atoms with Crippen molar-refractivity contribution in [2.75, 3.05) is 0 Å². The van der Waals surface area contributed by atoms with Gasteiger partial charge in [0.25, 0.3) is 0 Å². The van der Waals surface area contributed by atoms with Crippen molar-refractivity contribution in [1.82, 2.24) is 0 Å². The predicted octanol–water partition coefficient (Wildman–Crippen LogP) is -2.66. The third kappa shape index (κ3) is 52.3. The molecule has 2 N–H and O–H groups in total. The van der Waals surface area contributed by atoms with E-state index in [-0.39, 0.29) is 69.9 Å². The van der Waals surface area contributed by atoms with Crippen molar-refractivity contribution in [3.05, 3.63) is 0 Å². The molecule has 0 saturated carbocycles. The molecule has 34 valence electrons. The molecule has 0 aromatic carbocycles. The normalized spacial score (nSPS) is 4.00. The summed E-state index contributed by atoms with van der Waals surface area (Å²) in [6.07, 6.45) is -1.83. The van der Waals surface area contributed by atoms with E-state index in [1.165, 1.54) is 0 Å². The molecule has 0 aliphatic rings. The van der Waals surface area contributed by atoms with E-state index in [4.69, 9.17) is 15.0 Å². The van der Waals surface area contributed by atoms with Crippen LogP contribution in [-0.2, 0) is 17.1 Å². The van der Waals surface area contributed by atoms with Gasteiger partial charge in [0.15, 0.2) is 0 Å². The summed E-state index contributed by atoms with van der Waals surface area (Å²) in [5.41, 5.74) is 0. The maximum Gasteiger partial charge on any atom is 1.00 e. The second-order valence-electron chi connectivity index (χ2n) is 0.283. The summed E-state index contributed by atoms with van der Waals surface area (Å²) < 4.78 is 0. The molecule has 0 amide bonds. The first-order valence-electron chi connectivity index (χ1n) is 0.651. The Bertz CT molecular complexity index is 37.9. The number of hydrogen-bond donors (Lipinski definition) is 2. The number of carboxylic acid groups (broad SMARTS) is 2. The van der Waals surface area contributed by atoms with Crippen LogP contribution in [0.1, 0.15) is 1.43 Å². The van der Waals surface area contributed by atoms with Gasteiger partial charge in [-0.2, -0.15) is 0 Å². The van der Waals surface area contributed by atoms with Crippen LogP contribution in [0.3, 0.4) is 0 Å². The molecule has 6 heavy (non-hydrogen) atoms. The minimum Gasteiger partial charge on any atom is -1.00 e. The summed E-state index contributed by atoms with van der Waals surface area (Å²) in [5, 5.41) is 13.9. The fraction of sp³-hybridized carbons (Fsp3) is 0. The van der Waals surface area contributed by atoms with Crippen molar-refractivity contribution >= 4 is 6.16 Å². The fourth-order valence-electron chi connectivity index (χ4n) is 0. The first-order chi connectivity index (χ1) is 1.73. The van der Waals surface area contributed by atoms with Crippen molar-refractivity contribution in [1.29, 1.82) is 0 Å². The monoisotopic (exact) mass is 158 g/mol. The van der Waals surface area contributed by atoms with Crippen LogP contribution in [0.5, 0.6) is 0 Å². The summed E-state index contributed by atoms with van der Waals surface area (Å²) in [4.78, 5) is 8.56. The van der Waals surface area contributed by atoms with Crippen molar-refractivity contribution in [3.8, 4) is 0 Å². The fourth-order valence-corrected chi connectivity index (χ4v) is 0. The van der Waals surface area contributed by atoms with Crippen LogP contribution in [0, 0.1) is 0 Å². The Kier molecular flexibility index (Phi) is 25.2. The molecule has 3 nitrogen and oxygen atoms in total. The first kappa shape index (κ1) is 15.7. The molecule has 0 bridgehead atoms. The SMILES string of the molecule is O=C(O)O.[Fe].[H-].[K+]. The maximum atomic E-state index is 8.56. The molecule has 0 fully saturated rings. The molecule has 0 heterocycles.